The van der Waals surface area contributed by atoms with Gasteiger partial charge in [0.2, 0.25) is 0 Å². The molecule has 0 spiro atoms. The van der Waals surface area contributed by atoms with Crippen molar-refractivity contribution in [1.29, 1.82) is 0 Å². The first kappa shape index (κ1) is 19.6. The van der Waals surface area contributed by atoms with Gasteiger partial charge in [0.05, 0.1) is 12.2 Å². The lowest BCUT2D eigenvalue weighted by Crippen LogP contribution is -2.34. The number of hydrogen-bond acceptors (Lipinski definition) is 3. The summed E-state index contributed by atoms with van der Waals surface area (Å²) in [5.41, 5.74) is 0.626. The molecule has 138 valence electrons. The molecule has 6 heteroatoms. The van der Waals surface area contributed by atoms with Crippen LogP contribution < -0.4 is 5.32 Å². The fraction of sp³-hybridized carbons (Fsp3) is 0.300. The second-order valence-electron chi connectivity index (χ2n) is 6.33. The Balaban J connectivity index is 1.88. The van der Waals surface area contributed by atoms with Crippen LogP contribution in [0.15, 0.2) is 48.5 Å². The van der Waals surface area contributed by atoms with E-state index in [4.69, 9.17) is 4.74 Å². The quantitative estimate of drug-likeness (QED) is 0.763. The molecule has 0 saturated heterocycles. The zero-order chi connectivity index (χ0) is 19.1. The minimum atomic E-state index is -0.541. The summed E-state index contributed by atoms with van der Waals surface area (Å²) >= 11 is 0. The monoisotopic (exact) mass is 361 g/mol. The van der Waals surface area contributed by atoms with E-state index >= 15 is 0 Å². The van der Waals surface area contributed by atoms with Gasteiger partial charge in [0.15, 0.2) is 0 Å². The number of benzene rings is 2. The van der Waals surface area contributed by atoms with Crippen LogP contribution in [-0.2, 0) is 4.74 Å². The highest BCUT2D eigenvalue weighted by atomic mass is 19.1. The van der Waals surface area contributed by atoms with E-state index in [0.29, 0.717) is 12.1 Å². The Hall–Kier alpha value is -2.76. The molecule has 1 atom stereocenters. The minimum Gasteiger partial charge on any atom is -0.462 e. The summed E-state index contributed by atoms with van der Waals surface area (Å²) in [5.74, 6) is -1.63. The van der Waals surface area contributed by atoms with Gasteiger partial charge in [-0.3, -0.25) is 4.79 Å². The molecule has 0 radical (unpaired) electrons. The van der Waals surface area contributed by atoms with Crippen molar-refractivity contribution in [2.24, 2.45) is 11.8 Å². The second kappa shape index (κ2) is 9.08. The maximum Gasteiger partial charge on any atom is 0.338 e. The zero-order valence-corrected chi connectivity index (χ0v) is 14.7. The first-order chi connectivity index (χ1) is 12.4. The van der Waals surface area contributed by atoms with Gasteiger partial charge in [-0.15, -0.1) is 0 Å². The van der Waals surface area contributed by atoms with Gasteiger partial charge in [-0.1, -0.05) is 13.8 Å². The molecule has 2 aromatic carbocycles. The van der Waals surface area contributed by atoms with Gasteiger partial charge in [-0.25, -0.2) is 13.6 Å². The van der Waals surface area contributed by atoms with Crippen LogP contribution in [0.2, 0.25) is 0 Å². The largest absolute Gasteiger partial charge is 0.462 e. The topological polar surface area (TPSA) is 55.4 Å². The Bertz CT molecular complexity index is 681. The number of ether oxygens (including phenoxy) is 1. The van der Waals surface area contributed by atoms with Crippen LogP contribution in [0.3, 0.4) is 0 Å². The predicted octanol–water partition coefficient (Wildman–Crippen LogP) is 3.82. The number of carbonyl (C=O) groups is 2. The van der Waals surface area contributed by atoms with E-state index in [-0.39, 0.29) is 29.9 Å². The smallest absolute Gasteiger partial charge is 0.338 e. The van der Waals surface area contributed by atoms with Crippen molar-refractivity contribution in [3.05, 3.63) is 71.3 Å². The third-order valence-corrected chi connectivity index (χ3v) is 4.08. The van der Waals surface area contributed by atoms with E-state index in [0.717, 1.165) is 0 Å². The number of hydrogen-bond donors (Lipinski definition) is 1. The van der Waals surface area contributed by atoms with Crippen LogP contribution >= 0.6 is 0 Å². The molecule has 0 heterocycles. The first-order valence-electron chi connectivity index (χ1n) is 8.33. The summed E-state index contributed by atoms with van der Waals surface area (Å²) in [4.78, 5) is 24.1. The molecule has 2 aromatic rings. The van der Waals surface area contributed by atoms with Crippen LogP contribution in [-0.4, -0.2) is 25.0 Å². The van der Waals surface area contributed by atoms with Gasteiger partial charge in [-0.05, 0) is 54.4 Å². The molecule has 0 aliphatic carbocycles. The third-order valence-electron chi connectivity index (χ3n) is 4.08. The van der Waals surface area contributed by atoms with Crippen LogP contribution in [0.25, 0.3) is 0 Å². The van der Waals surface area contributed by atoms with Crippen molar-refractivity contribution < 1.29 is 23.1 Å². The summed E-state index contributed by atoms with van der Waals surface area (Å²) in [7, 11) is 0. The van der Waals surface area contributed by atoms with Crippen molar-refractivity contribution in [3.8, 4) is 0 Å². The summed E-state index contributed by atoms with van der Waals surface area (Å²) in [6, 6.07) is 10.4. The van der Waals surface area contributed by atoms with Gasteiger partial charge >= 0.3 is 5.97 Å². The Labute approximate surface area is 151 Å². The Kier molecular flexibility index (Phi) is 6.83. The van der Waals surface area contributed by atoms with E-state index < -0.39 is 17.6 Å². The summed E-state index contributed by atoms with van der Waals surface area (Å²) in [5, 5.41) is 2.77. The van der Waals surface area contributed by atoms with Gasteiger partial charge in [0.1, 0.15) is 11.6 Å². The number of halogens is 2. The summed E-state index contributed by atoms with van der Waals surface area (Å²) in [6.07, 6.45) is 0. The normalized spacial score (nSPS) is 11.9. The summed E-state index contributed by atoms with van der Waals surface area (Å²) in [6.45, 7) is 4.35. The van der Waals surface area contributed by atoms with Crippen molar-refractivity contribution in [3.63, 3.8) is 0 Å². The van der Waals surface area contributed by atoms with Crippen molar-refractivity contribution in [2.45, 2.75) is 13.8 Å². The summed E-state index contributed by atoms with van der Waals surface area (Å²) < 4.78 is 31.1. The van der Waals surface area contributed by atoms with E-state index in [1.165, 1.54) is 48.5 Å². The van der Waals surface area contributed by atoms with E-state index in [2.05, 4.69) is 5.32 Å². The van der Waals surface area contributed by atoms with E-state index in [9.17, 15) is 18.4 Å². The molecule has 0 saturated carbocycles. The molecule has 1 N–H and O–H groups in total. The van der Waals surface area contributed by atoms with Gasteiger partial charge in [0.25, 0.3) is 5.91 Å². The van der Waals surface area contributed by atoms with Crippen LogP contribution in [0, 0.1) is 23.5 Å². The Morgan fingerprint density at radius 1 is 0.923 bits per heavy atom. The maximum atomic E-state index is 12.9. The molecular weight excluding hydrogens is 340 g/mol. The number of nitrogens with one attached hydrogen (secondary N) is 1. The van der Waals surface area contributed by atoms with Gasteiger partial charge in [-0.2, -0.15) is 0 Å². The average Bonchev–Trinajstić information content (AvgIpc) is 2.62. The molecule has 26 heavy (non-hydrogen) atoms. The highest BCUT2D eigenvalue weighted by Crippen LogP contribution is 2.13. The molecule has 0 aromatic heterocycles. The standard InChI is InChI=1S/C20H21F2NO3/c1-13(2)16(11-23-19(24)14-3-7-17(21)8-4-14)12-26-20(25)15-5-9-18(22)10-6-15/h3-10,13,16H,11-12H2,1-2H3,(H,23,24). The molecule has 0 bridgehead atoms. The highest BCUT2D eigenvalue weighted by Gasteiger charge is 2.18. The lowest BCUT2D eigenvalue weighted by atomic mass is 9.96. The molecule has 2 rings (SSSR count). The minimum absolute atomic E-state index is 0.0937. The third kappa shape index (κ3) is 5.65. The fourth-order valence-electron chi connectivity index (χ4n) is 2.27. The average molecular weight is 361 g/mol. The molecule has 0 aliphatic heterocycles. The van der Waals surface area contributed by atoms with Crippen LogP contribution in [0.5, 0.6) is 0 Å². The number of amides is 1. The van der Waals surface area contributed by atoms with Crippen LogP contribution in [0.4, 0.5) is 8.78 Å². The number of esters is 1. The molecule has 1 amide bonds. The Morgan fingerprint density at radius 2 is 1.42 bits per heavy atom. The Morgan fingerprint density at radius 3 is 1.92 bits per heavy atom. The van der Waals surface area contributed by atoms with E-state index in [1.807, 2.05) is 13.8 Å². The van der Waals surface area contributed by atoms with Crippen molar-refractivity contribution >= 4 is 11.9 Å². The lowest BCUT2D eigenvalue weighted by molar-refractivity contribution is 0.0404. The maximum absolute atomic E-state index is 12.9. The van der Waals surface area contributed by atoms with E-state index in [1.54, 1.807) is 0 Å². The second-order valence-corrected chi connectivity index (χ2v) is 6.33. The molecule has 0 aliphatic rings. The van der Waals surface area contributed by atoms with Crippen molar-refractivity contribution in [1.82, 2.24) is 5.32 Å². The predicted molar refractivity (Wildman–Crippen MR) is 93.7 cm³/mol. The SMILES string of the molecule is CC(C)C(CNC(=O)c1ccc(F)cc1)COC(=O)c1ccc(F)cc1. The highest BCUT2D eigenvalue weighted by molar-refractivity contribution is 5.94. The molecule has 1 unspecified atom stereocenters. The fourth-order valence-corrected chi connectivity index (χ4v) is 2.27. The number of rotatable bonds is 7. The number of carbonyl (C=O) groups excluding carboxylic acids is 2. The van der Waals surface area contributed by atoms with Gasteiger partial charge in [0, 0.05) is 18.0 Å². The van der Waals surface area contributed by atoms with Crippen molar-refractivity contribution in [2.75, 3.05) is 13.2 Å². The molecule has 0 fully saturated rings. The van der Waals surface area contributed by atoms with Crippen LogP contribution in [0.1, 0.15) is 34.6 Å². The molecular formula is C20H21F2NO3. The molecule has 4 nitrogen and oxygen atoms in total. The first-order valence-corrected chi connectivity index (χ1v) is 8.33. The lowest BCUT2D eigenvalue weighted by Gasteiger charge is -2.21. The zero-order valence-electron chi connectivity index (χ0n) is 14.7. The van der Waals surface area contributed by atoms with Gasteiger partial charge < -0.3 is 10.1 Å².